The lowest BCUT2D eigenvalue weighted by atomic mass is 10.0. The van der Waals surface area contributed by atoms with Crippen LogP contribution in [0.5, 0.6) is 17.2 Å². The molecule has 36 heavy (non-hydrogen) atoms. The highest BCUT2D eigenvalue weighted by atomic mass is 19.4. The first-order valence-electron chi connectivity index (χ1n) is 9.78. The molecule has 0 amide bonds. The first kappa shape index (κ1) is 24.6. The van der Waals surface area contributed by atoms with E-state index in [9.17, 15) is 41.0 Å². The van der Waals surface area contributed by atoms with Gasteiger partial charge in [0.2, 0.25) is 11.6 Å². The fourth-order valence-electron chi connectivity index (χ4n) is 3.48. The summed E-state index contributed by atoms with van der Waals surface area (Å²) >= 11 is 0. The lowest BCUT2D eigenvalue weighted by Gasteiger charge is -2.17. The second kappa shape index (κ2) is 8.91. The smallest absolute Gasteiger partial charge is 0.419 e. The molecule has 0 spiro atoms. The highest BCUT2D eigenvalue weighted by Gasteiger charge is 2.36. The van der Waals surface area contributed by atoms with Crippen LogP contribution < -0.4 is 14.9 Å². The Labute approximate surface area is 196 Å². The van der Waals surface area contributed by atoms with Gasteiger partial charge in [-0.15, -0.1) is 0 Å². The number of benzene rings is 2. The van der Waals surface area contributed by atoms with E-state index >= 15 is 0 Å². The van der Waals surface area contributed by atoms with E-state index in [0.717, 1.165) is 25.4 Å². The predicted molar refractivity (Wildman–Crippen MR) is 113 cm³/mol. The van der Waals surface area contributed by atoms with Crippen molar-refractivity contribution in [3.63, 3.8) is 0 Å². The first-order chi connectivity index (χ1) is 16.9. The van der Waals surface area contributed by atoms with Crippen LogP contribution in [0.2, 0.25) is 0 Å². The molecule has 0 atom stereocenters. The van der Waals surface area contributed by atoms with Gasteiger partial charge in [0.15, 0.2) is 22.7 Å². The van der Waals surface area contributed by atoms with Crippen molar-refractivity contribution < 1.29 is 45.7 Å². The summed E-state index contributed by atoms with van der Waals surface area (Å²) in [6.45, 7) is 0. The van der Waals surface area contributed by atoms with E-state index < -0.39 is 69.1 Å². The standard InChI is InChI=1S/C23H12F6N2O5/c1-35-21-16(3-2-11(24)19(21)26)36-17-7-10(23(27,28)29)12(25)6-9(17)14-8-15(32)18-13(31-14)4-5-30-20(18)22(33)34/h2-8H,1H3,(H,31,32)(H,33,34). The molecule has 186 valence electrons. The zero-order valence-electron chi connectivity index (χ0n) is 17.8. The highest BCUT2D eigenvalue weighted by molar-refractivity contribution is 6.00. The third-order valence-corrected chi connectivity index (χ3v) is 5.05. The highest BCUT2D eigenvalue weighted by Crippen LogP contribution is 2.43. The number of hydrogen-bond donors (Lipinski definition) is 2. The summed E-state index contributed by atoms with van der Waals surface area (Å²) in [5.74, 6) is -8.05. The molecule has 2 aromatic heterocycles. The molecule has 0 fully saturated rings. The molecule has 0 aliphatic carbocycles. The summed E-state index contributed by atoms with van der Waals surface area (Å²) in [7, 11) is 0.965. The maximum absolute atomic E-state index is 14.5. The molecule has 0 saturated carbocycles. The summed E-state index contributed by atoms with van der Waals surface area (Å²) < 4.78 is 92.6. The predicted octanol–water partition coefficient (Wildman–Crippen LogP) is 5.53. The van der Waals surface area contributed by atoms with Gasteiger partial charge in [0, 0.05) is 17.8 Å². The molecule has 2 aromatic carbocycles. The van der Waals surface area contributed by atoms with Gasteiger partial charge in [-0.3, -0.25) is 4.79 Å². The van der Waals surface area contributed by atoms with Crippen LogP contribution in [0.3, 0.4) is 0 Å². The van der Waals surface area contributed by atoms with Gasteiger partial charge >= 0.3 is 12.1 Å². The minimum Gasteiger partial charge on any atom is -0.490 e. The second-order valence-electron chi connectivity index (χ2n) is 7.26. The zero-order chi connectivity index (χ0) is 26.4. The topological polar surface area (TPSA) is 102 Å². The number of aromatic nitrogens is 2. The van der Waals surface area contributed by atoms with E-state index in [2.05, 4.69) is 9.97 Å². The molecule has 0 aliphatic rings. The van der Waals surface area contributed by atoms with Gasteiger partial charge in [-0.2, -0.15) is 17.6 Å². The lowest BCUT2D eigenvalue weighted by molar-refractivity contribution is -0.140. The van der Waals surface area contributed by atoms with Crippen molar-refractivity contribution in [3.05, 3.63) is 81.5 Å². The van der Waals surface area contributed by atoms with Crippen LogP contribution in [0, 0.1) is 17.5 Å². The number of H-pyrrole nitrogens is 1. The Kier molecular flexibility index (Phi) is 6.08. The number of carbonyl (C=O) groups is 1. The molecule has 0 radical (unpaired) electrons. The Hall–Kier alpha value is -4.55. The van der Waals surface area contributed by atoms with Crippen LogP contribution in [-0.2, 0) is 6.18 Å². The van der Waals surface area contributed by atoms with E-state index in [0.29, 0.717) is 12.1 Å². The number of aromatic carboxylic acids is 1. The molecule has 2 N–H and O–H groups in total. The number of aromatic amines is 1. The number of methoxy groups -OCH3 is 1. The first-order valence-corrected chi connectivity index (χ1v) is 9.78. The van der Waals surface area contributed by atoms with E-state index in [-0.39, 0.29) is 22.7 Å². The number of nitrogens with one attached hydrogen (secondary N) is 1. The molecule has 4 rings (SSSR count). The van der Waals surface area contributed by atoms with Crippen LogP contribution in [0.4, 0.5) is 26.3 Å². The summed E-state index contributed by atoms with van der Waals surface area (Å²) in [5, 5.41) is 8.95. The van der Waals surface area contributed by atoms with Crippen LogP contribution >= 0.6 is 0 Å². The van der Waals surface area contributed by atoms with Gasteiger partial charge in [0.1, 0.15) is 11.6 Å². The Morgan fingerprint density at radius 3 is 2.39 bits per heavy atom. The summed E-state index contributed by atoms with van der Waals surface area (Å²) in [6, 6.07) is 4.27. The number of nitrogens with zero attached hydrogens (tertiary/aromatic N) is 1. The van der Waals surface area contributed by atoms with Crippen LogP contribution in [-0.4, -0.2) is 28.2 Å². The SMILES string of the molecule is COc1c(Oc2cc(C(F)(F)F)c(F)cc2-c2cc(=O)c3c(C(=O)O)nccc3[nH]2)ccc(F)c1F. The van der Waals surface area contributed by atoms with E-state index in [1.165, 1.54) is 6.07 Å². The number of alkyl halides is 3. The average molecular weight is 510 g/mol. The number of ether oxygens (including phenoxy) is 2. The largest absolute Gasteiger partial charge is 0.490 e. The molecule has 0 saturated heterocycles. The molecule has 0 bridgehead atoms. The van der Waals surface area contributed by atoms with Crippen molar-refractivity contribution in [2.45, 2.75) is 6.18 Å². The molecule has 7 nitrogen and oxygen atoms in total. The molecule has 2 heterocycles. The van der Waals surface area contributed by atoms with Crippen LogP contribution in [0.15, 0.2) is 47.4 Å². The van der Waals surface area contributed by atoms with E-state index in [1.807, 2.05) is 0 Å². The van der Waals surface area contributed by atoms with Crippen molar-refractivity contribution >= 4 is 16.9 Å². The van der Waals surface area contributed by atoms with Gasteiger partial charge in [-0.05, 0) is 30.3 Å². The number of carboxylic acid groups (broad SMARTS) is 1. The summed E-state index contributed by atoms with van der Waals surface area (Å²) in [6.07, 6.45) is -4.08. The molecule has 0 unspecified atom stereocenters. The van der Waals surface area contributed by atoms with Gasteiger partial charge in [0.25, 0.3) is 0 Å². The Morgan fingerprint density at radius 1 is 1.03 bits per heavy atom. The quantitative estimate of drug-likeness (QED) is 0.343. The molecule has 4 aromatic rings. The number of pyridine rings is 2. The normalized spacial score (nSPS) is 11.5. The summed E-state index contributed by atoms with van der Waals surface area (Å²) in [5.41, 5.74) is -3.95. The molecular formula is C23H12F6N2O5. The summed E-state index contributed by atoms with van der Waals surface area (Å²) in [4.78, 5) is 30.4. The van der Waals surface area contributed by atoms with Crippen LogP contribution in [0.25, 0.3) is 22.2 Å². The van der Waals surface area contributed by atoms with Gasteiger partial charge in [-0.1, -0.05) is 0 Å². The van der Waals surface area contributed by atoms with E-state index in [1.54, 1.807) is 0 Å². The fourth-order valence-corrected chi connectivity index (χ4v) is 3.48. The number of rotatable bonds is 5. The van der Waals surface area contributed by atoms with Crippen molar-refractivity contribution in [1.82, 2.24) is 9.97 Å². The zero-order valence-corrected chi connectivity index (χ0v) is 17.8. The van der Waals surface area contributed by atoms with Crippen molar-refractivity contribution in [1.29, 1.82) is 0 Å². The maximum atomic E-state index is 14.5. The third-order valence-electron chi connectivity index (χ3n) is 5.05. The van der Waals surface area contributed by atoms with E-state index in [4.69, 9.17) is 9.47 Å². The van der Waals surface area contributed by atoms with Gasteiger partial charge in [-0.25, -0.2) is 18.6 Å². The third kappa shape index (κ3) is 4.30. The number of hydrogen-bond acceptors (Lipinski definition) is 5. The molecule has 0 aliphatic heterocycles. The van der Waals surface area contributed by atoms with Crippen LogP contribution in [0.1, 0.15) is 16.1 Å². The second-order valence-corrected chi connectivity index (χ2v) is 7.26. The fraction of sp³-hybridized carbons (Fsp3) is 0.0870. The maximum Gasteiger partial charge on any atom is 0.419 e. The average Bonchev–Trinajstić information content (AvgIpc) is 2.81. The minimum atomic E-state index is -5.16. The Morgan fingerprint density at radius 2 is 1.75 bits per heavy atom. The lowest BCUT2D eigenvalue weighted by Crippen LogP contribution is -2.12. The van der Waals surface area contributed by atoms with Crippen molar-refractivity contribution in [2.24, 2.45) is 0 Å². The minimum absolute atomic E-state index is 0.0680. The van der Waals surface area contributed by atoms with Crippen molar-refractivity contribution in [3.8, 4) is 28.5 Å². The Bertz CT molecular complexity index is 1580. The Balaban J connectivity index is 1.99. The van der Waals surface area contributed by atoms with Gasteiger partial charge in [0.05, 0.1) is 29.3 Å². The number of halogens is 6. The van der Waals surface area contributed by atoms with Gasteiger partial charge < -0.3 is 19.6 Å². The van der Waals surface area contributed by atoms with Crippen molar-refractivity contribution in [2.75, 3.05) is 7.11 Å². The monoisotopic (exact) mass is 510 g/mol. The molecular weight excluding hydrogens is 498 g/mol. The number of carboxylic acids is 1. The number of fused-ring (bicyclic) bond motifs is 1. The molecule has 13 heteroatoms.